The molecule has 0 aromatic heterocycles. The average Bonchev–Trinajstić information content (AvgIpc) is 2.55. The van der Waals surface area contributed by atoms with Crippen LogP contribution < -0.4 is 16.8 Å². The second-order valence-corrected chi connectivity index (χ2v) is 5.39. The largest absolute Gasteiger partial charge is 0.366 e. The number of amides is 1. The van der Waals surface area contributed by atoms with Crippen molar-refractivity contribution in [3.05, 3.63) is 71.3 Å². The summed E-state index contributed by atoms with van der Waals surface area (Å²) in [6.07, 6.45) is 1.82. The molecular weight excluding hydrogens is 274 g/mol. The van der Waals surface area contributed by atoms with Gasteiger partial charge in [0.05, 0.1) is 0 Å². The van der Waals surface area contributed by atoms with Gasteiger partial charge < -0.3 is 16.8 Å². The van der Waals surface area contributed by atoms with Gasteiger partial charge in [-0.05, 0) is 42.6 Å². The van der Waals surface area contributed by atoms with Crippen LogP contribution in [0.2, 0.25) is 0 Å². The van der Waals surface area contributed by atoms with Gasteiger partial charge in [-0.1, -0.05) is 42.5 Å². The van der Waals surface area contributed by atoms with Crippen LogP contribution in [-0.4, -0.2) is 25.0 Å². The van der Waals surface area contributed by atoms with Crippen LogP contribution in [0.3, 0.4) is 0 Å². The monoisotopic (exact) mass is 297 g/mol. The molecule has 5 N–H and O–H groups in total. The molecule has 1 amide bonds. The van der Waals surface area contributed by atoms with E-state index in [2.05, 4.69) is 29.6 Å². The summed E-state index contributed by atoms with van der Waals surface area (Å²) >= 11 is 0. The van der Waals surface area contributed by atoms with Gasteiger partial charge in [-0.15, -0.1) is 0 Å². The lowest BCUT2D eigenvalue weighted by atomic mass is 10.0. The van der Waals surface area contributed by atoms with Gasteiger partial charge in [-0.25, -0.2) is 0 Å². The van der Waals surface area contributed by atoms with Gasteiger partial charge in [0, 0.05) is 18.2 Å². The molecular formula is C18H23N3O. The summed E-state index contributed by atoms with van der Waals surface area (Å²) in [5.74, 6) is -0.400. The lowest BCUT2D eigenvalue weighted by Crippen LogP contribution is -2.39. The zero-order chi connectivity index (χ0) is 15.8. The molecule has 0 bridgehead atoms. The minimum Gasteiger partial charge on any atom is -0.366 e. The lowest BCUT2D eigenvalue weighted by molar-refractivity contribution is 0.100. The van der Waals surface area contributed by atoms with Crippen LogP contribution in [0.25, 0.3) is 0 Å². The number of benzene rings is 2. The van der Waals surface area contributed by atoms with Gasteiger partial charge in [0.15, 0.2) is 0 Å². The molecule has 0 fully saturated rings. The minimum atomic E-state index is -0.400. The molecule has 1 atom stereocenters. The van der Waals surface area contributed by atoms with Gasteiger partial charge >= 0.3 is 0 Å². The van der Waals surface area contributed by atoms with Crippen LogP contribution in [-0.2, 0) is 12.8 Å². The van der Waals surface area contributed by atoms with E-state index in [4.69, 9.17) is 11.5 Å². The summed E-state index contributed by atoms with van der Waals surface area (Å²) in [6, 6.07) is 18.0. The van der Waals surface area contributed by atoms with Crippen LogP contribution in [0, 0.1) is 0 Å². The molecule has 0 heterocycles. The first-order valence-electron chi connectivity index (χ1n) is 7.55. The molecule has 0 unspecified atom stereocenters. The van der Waals surface area contributed by atoms with E-state index in [1.807, 2.05) is 18.2 Å². The molecule has 0 aliphatic rings. The molecule has 2 aromatic rings. The van der Waals surface area contributed by atoms with Gasteiger partial charge in [0.1, 0.15) is 0 Å². The van der Waals surface area contributed by atoms with Crippen molar-refractivity contribution in [2.75, 3.05) is 13.1 Å². The SMILES string of the molecule is NC[C@H](Cc1ccc(C(N)=O)cc1)NCCc1ccccc1. The Labute approximate surface area is 131 Å². The quantitative estimate of drug-likeness (QED) is 0.690. The zero-order valence-corrected chi connectivity index (χ0v) is 12.7. The van der Waals surface area contributed by atoms with Crippen molar-refractivity contribution in [3.8, 4) is 0 Å². The van der Waals surface area contributed by atoms with E-state index in [1.165, 1.54) is 5.56 Å². The third kappa shape index (κ3) is 4.98. The van der Waals surface area contributed by atoms with Gasteiger partial charge in [0.25, 0.3) is 0 Å². The van der Waals surface area contributed by atoms with Crippen LogP contribution in [0.5, 0.6) is 0 Å². The molecule has 22 heavy (non-hydrogen) atoms. The van der Waals surface area contributed by atoms with Crippen molar-refractivity contribution in [3.63, 3.8) is 0 Å². The Kier molecular flexibility index (Phi) is 6.13. The van der Waals surface area contributed by atoms with E-state index in [9.17, 15) is 4.79 Å². The molecule has 0 aliphatic carbocycles. The van der Waals surface area contributed by atoms with E-state index in [0.29, 0.717) is 12.1 Å². The highest BCUT2D eigenvalue weighted by Gasteiger charge is 2.08. The average molecular weight is 297 g/mol. The van der Waals surface area contributed by atoms with Crippen molar-refractivity contribution in [2.45, 2.75) is 18.9 Å². The van der Waals surface area contributed by atoms with E-state index >= 15 is 0 Å². The number of nitrogens with one attached hydrogen (secondary N) is 1. The topological polar surface area (TPSA) is 81.1 Å². The maximum atomic E-state index is 11.1. The number of hydrogen-bond acceptors (Lipinski definition) is 3. The van der Waals surface area contributed by atoms with E-state index < -0.39 is 5.91 Å². The van der Waals surface area contributed by atoms with Crippen molar-refractivity contribution in [1.29, 1.82) is 0 Å². The first-order chi connectivity index (χ1) is 10.7. The molecule has 0 radical (unpaired) electrons. The predicted octanol–water partition coefficient (Wildman–Crippen LogP) is 1.49. The summed E-state index contributed by atoms with van der Waals surface area (Å²) in [6.45, 7) is 1.47. The Morgan fingerprint density at radius 1 is 1.00 bits per heavy atom. The summed E-state index contributed by atoms with van der Waals surface area (Å²) in [5.41, 5.74) is 14.1. The minimum absolute atomic E-state index is 0.225. The molecule has 4 nitrogen and oxygen atoms in total. The molecule has 0 spiro atoms. The fourth-order valence-corrected chi connectivity index (χ4v) is 2.39. The Morgan fingerprint density at radius 3 is 2.27 bits per heavy atom. The maximum Gasteiger partial charge on any atom is 0.248 e. The van der Waals surface area contributed by atoms with Gasteiger partial charge in [-0.3, -0.25) is 4.79 Å². The first kappa shape index (κ1) is 16.2. The highest BCUT2D eigenvalue weighted by Crippen LogP contribution is 2.07. The lowest BCUT2D eigenvalue weighted by Gasteiger charge is -2.17. The van der Waals surface area contributed by atoms with E-state index in [-0.39, 0.29) is 6.04 Å². The Balaban J connectivity index is 1.82. The third-order valence-electron chi connectivity index (χ3n) is 3.69. The number of hydrogen-bond donors (Lipinski definition) is 3. The maximum absolute atomic E-state index is 11.1. The van der Waals surface area contributed by atoms with Crippen molar-refractivity contribution in [1.82, 2.24) is 5.32 Å². The third-order valence-corrected chi connectivity index (χ3v) is 3.69. The number of primary amides is 1. The summed E-state index contributed by atoms with van der Waals surface area (Å²) in [7, 11) is 0. The number of carbonyl (C=O) groups excluding carboxylic acids is 1. The second-order valence-electron chi connectivity index (χ2n) is 5.39. The van der Waals surface area contributed by atoms with E-state index in [0.717, 1.165) is 24.9 Å². The number of carbonyl (C=O) groups is 1. The molecule has 2 rings (SSSR count). The van der Waals surface area contributed by atoms with Crippen LogP contribution >= 0.6 is 0 Å². The fourth-order valence-electron chi connectivity index (χ4n) is 2.39. The standard InChI is InChI=1S/C18H23N3O/c19-13-17(21-11-10-14-4-2-1-3-5-14)12-15-6-8-16(9-7-15)18(20)22/h1-9,17,21H,10-13,19H2,(H2,20,22)/t17-/m0/s1. The first-order valence-corrected chi connectivity index (χ1v) is 7.55. The molecule has 2 aromatic carbocycles. The number of rotatable bonds is 8. The van der Waals surface area contributed by atoms with E-state index in [1.54, 1.807) is 12.1 Å². The summed E-state index contributed by atoms with van der Waals surface area (Å²) < 4.78 is 0. The summed E-state index contributed by atoms with van der Waals surface area (Å²) in [5, 5.41) is 3.49. The van der Waals surface area contributed by atoms with Crippen molar-refractivity contribution < 1.29 is 4.79 Å². The van der Waals surface area contributed by atoms with Crippen LogP contribution in [0.4, 0.5) is 0 Å². The smallest absolute Gasteiger partial charge is 0.248 e. The van der Waals surface area contributed by atoms with Crippen molar-refractivity contribution >= 4 is 5.91 Å². The zero-order valence-electron chi connectivity index (χ0n) is 12.7. The number of nitrogens with two attached hydrogens (primary N) is 2. The normalized spacial score (nSPS) is 12.0. The molecule has 0 saturated carbocycles. The highest BCUT2D eigenvalue weighted by molar-refractivity contribution is 5.92. The molecule has 0 saturated heterocycles. The molecule has 116 valence electrons. The summed E-state index contributed by atoms with van der Waals surface area (Å²) in [4.78, 5) is 11.1. The second kappa shape index (κ2) is 8.32. The van der Waals surface area contributed by atoms with Crippen molar-refractivity contribution in [2.24, 2.45) is 11.5 Å². The highest BCUT2D eigenvalue weighted by atomic mass is 16.1. The van der Waals surface area contributed by atoms with Gasteiger partial charge in [-0.2, -0.15) is 0 Å². The Hall–Kier alpha value is -2.17. The fraction of sp³-hybridized carbons (Fsp3) is 0.278. The predicted molar refractivity (Wildman–Crippen MR) is 89.7 cm³/mol. The van der Waals surface area contributed by atoms with Crippen LogP contribution in [0.15, 0.2) is 54.6 Å². The molecule has 0 aliphatic heterocycles. The Bertz CT molecular complexity index is 581. The molecule has 4 heteroatoms. The Morgan fingerprint density at radius 2 is 1.68 bits per heavy atom. The van der Waals surface area contributed by atoms with Gasteiger partial charge in [0.2, 0.25) is 5.91 Å². The van der Waals surface area contributed by atoms with Crippen LogP contribution in [0.1, 0.15) is 21.5 Å².